The Morgan fingerprint density at radius 3 is 2.56 bits per heavy atom. The first-order chi connectivity index (χ1) is 16.5. The maximum Gasteiger partial charge on any atom is 0.254 e. The summed E-state index contributed by atoms with van der Waals surface area (Å²) in [6.45, 7) is 0. The topological polar surface area (TPSA) is 68.8 Å². The van der Waals surface area contributed by atoms with E-state index in [0.29, 0.717) is 15.6 Å². The number of halogens is 2. The summed E-state index contributed by atoms with van der Waals surface area (Å²) >= 11 is 12.6. The largest absolute Gasteiger partial charge is 0.327 e. The van der Waals surface area contributed by atoms with Crippen molar-refractivity contribution in [2.24, 2.45) is 7.05 Å². The summed E-state index contributed by atoms with van der Waals surface area (Å²) in [6.07, 6.45) is 6.96. The minimum Gasteiger partial charge on any atom is -0.327 e. The molecule has 2 aliphatic rings. The van der Waals surface area contributed by atoms with E-state index in [1.54, 1.807) is 23.3 Å². The second kappa shape index (κ2) is 8.25. The lowest BCUT2D eigenvalue weighted by Gasteiger charge is -2.45. The quantitative estimate of drug-likeness (QED) is 0.390. The van der Waals surface area contributed by atoms with Gasteiger partial charge < -0.3 is 4.90 Å². The number of fused-ring (bicyclic) bond motifs is 4. The van der Waals surface area contributed by atoms with Crippen LogP contribution in [0.5, 0.6) is 0 Å². The second-order valence-electron chi connectivity index (χ2n) is 8.93. The number of aromatic nitrogens is 5. The van der Waals surface area contributed by atoms with Crippen molar-refractivity contribution in [1.29, 1.82) is 0 Å². The maximum atomic E-state index is 13.8. The monoisotopic (exact) mass is 492 g/mol. The number of benzene rings is 2. The molecule has 34 heavy (non-hydrogen) atoms. The molecule has 4 aromatic rings. The zero-order chi connectivity index (χ0) is 23.4. The van der Waals surface area contributed by atoms with E-state index in [1.165, 1.54) is 5.56 Å². The molecule has 0 aliphatic carbocycles. The van der Waals surface area contributed by atoms with Gasteiger partial charge in [0.15, 0.2) is 0 Å². The summed E-state index contributed by atoms with van der Waals surface area (Å²) in [5.74, 6) is 0.0354. The number of carbonyl (C=O) groups excluding carboxylic acids is 1. The molecule has 0 unspecified atom stereocenters. The van der Waals surface area contributed by atoms with Crippen LogP contribution in [0.4, 0.5) is 0 Å². The standard InChI is InChI=1S/C25H22Cl2N6O/c1-31-24(16-8-17(26)11-18(27)9-16)21-12-20-6-3-7-22(23(21)30-31)33(20)25(34)15-4-2-5-19(10-15)32-13-28-29-14-32/h2,4-5,8-11,13-14,20,22H,3,6-7,12H2,1H3/t20-,22+/m0/s1. The molecule has 2 aromatic heterocycles. The first kappa shape index (κ1) is 21.4. The molecule has 0 saturated carbocycles. The van der Waals surface area contributed by atoms with Crippen LogP contribution in [0, 0.1) is 0 Å². The van der Waals surface area contributed by atoms with Gasteiger partial charge in [-0.25, -0.2) is 0 Å². The molecule has 2 aliphatic heterocycles. The molecule has 172 valence electrons. The van der Waals surface area contributed by atoms with Crippen LogP contribution in [0.1, 0.15) is 46.9 Å². The number of hydrogen-bond acceptors (Lipinski definition) is 4. The molecular weight excluding hydrogens is 471 g/mol. The highest BCUT2D eigenvalue weighted by molar-refractivity contribution is 6.35. The third-order valence-corrected chi connectivity index (χ3v) is 7.29. The maximum absolute atomic E-state index is 13.8. The highest BCUT2D eigenvalue weighted by atomic mass is 35.5. The Kier molecular flexibility index (Phi) is 5.19. The van der Waals surface area contributed by atoms with E-state index < -0.39 is 0 Å². The normalized spacial score (nSPS) is 19.2. The average Bonchev–Trinajstić information content (AvgIpc) is 3.46. The van der Waals surface area contributed by atoms with Gasteiger partial charge in [-0.1, -0.05) is 29.3 Å². The second-order valence-corrected chi connectivity index (χ2v) is 9.80. The predicted molar refractivity (Wildman–Crippen MR) is 130 cm³/mol. The number of aryl methyl sites for hydroxylation is 1. The van der Waals surface area contributed by atoms with Gasteiger partial charge in [-0.3, -0.25) is 14.0 Å². The van der Waals surface area contributed by atoms with E-state index in [2.05, 4.69) is 15.1 Å². The highest BCUT2D eigenvalue weighted by Crippen LogP contribution is 2.45. The molecule has 0 spiro atoms. The smallest absolute Gasteiger partial charge is 0.254 e. The van der Waals surface area contributed by atoms with E-state index in [-0.39, 0.29) is 18.0 Å². The first-order valence-corrected chi connectivity index (χ1v) is 12.0. The van der Waals surface area contributed by atoms with Gasteiger partial charge in [0.25, 0.3) is 5.91 Å². The fourth-order valence-corrected chi connectivity index (χ4v) is 6.01. The highest BCUT2D eigenvalue weighted by Gasteiger charge is 2.43. The molecule has 1 saturated heterocycles. The van der Waals surface area contributed by atoms with Gasteiger partial charge in [-0.15, -0.1) is 10.2 Å². The fourth-order valence-electron chi connectivity index (χ4n) is 5.48. The molecule has 1 fully saturated rings. The van der Waals surface area contributed by atoms with Gasteiger partial charge in [0, 0.05) is 45.5 Å². The molecule has 0 N–H and O–H groups in total. The summed E-state index contributed by atoms with van der Waals surface area (Å²) in [7, 11) is 1.95. The molecule has 6 rings (SSSR count). The van der Waals surface area contributed by atoms with Crippen molar-refractivity contribution in [3.05, 3.63) is 82.0 Å². The van der Waals surface area contributed by atoms with Crippen molar-refractivity contribution in [2.75, 3.05) is 0 Å². The van der Waals surface area contributed by atoms with Crippen LogP contribution in [0.25, 0.3) is 16.9 Å². The molecular formula is C25H22Cl2N6O. The summed E-state index contributed by atoms with van der Waals surface area (Å²) in [4.78, 5) is 15.9. The lowest BCUT2D eigenvalue weighted by molar-refractivity contribution is 0.0392. The van der Waals surface area contributed by atoms with Crippen molar-refractivity contribution in [3.8, 4) is 16.9 Å². The lowest BCUT2D eigenvalue weighted by Crippen LogP contribution is -2.49. The van der Waals surface area contributed by atoms with E-state index in [1.807, 2.05) is 48.1 Å². The van der Waals surface area contributed by atoms with Crippen molar-refractivity contribution in [2.45, 2.75) is 37.8 Å². The van der Waals surface area contributed by atoms with Gasteiger partial charge in [0.2, 0.25) is 0 Å². The molecule has 0 radical (unpaired) electrons. The van der Waals surface area contributed by atoms with Crippen LogP contribution in [-0.2, 0) is 13.5 Å². The summed E-state index contributed by atoms with van der Waals surface area (Å²) in [5.41, 5.74) is 5.66. The van der Waals surface area contributed by atoms with E-state index in [9.17, 15) is 4.79 Å². The van der Waals surface area contributed by atoms with Crippen LogP contribution >= 0.6 is 23.2 Å². The van der Waals surface area contributed by atoms with Crippen LogP contribution in [0.2, 0.25) is 10.0 Å². The summed E-state index contributed by atoms with van der Waals surface area (Å²) in [6, 6.07) is 13.3. The zero-order valence-electron chi connectivity index (χ0n) is 18.5. The van der Waals surface area contributed by atoms with Crippen molar-refractivity contribution in [3.63, 3.8) is 0 Å². The van der Waals surface area contributed by atoms with Gasteiger partial charge in [-0.2, -0.15) is 5.10 Å². The van der Waals surface area contributed by atoms with Crippen molar-refractivity contribution in [1.82, 2.24) is 29.4 Å². The Bertz CT molecular complexity index is 1380. The molecule has 2 atom stereocenters. The molecule has 1 amide bonds. The van der Waals surface area contributed by atoms with E-state index >= 15 is 0 Å². The predicted octanol–water partition coefficient (Wildman–Crippen LogP) is 5.27. The summed E-state index contributed by atoms with van der Waals surface area (Å²) < 4.78 is 3.70. The minimum absolute atomic E-state index is 0.0354. The van der Waals surface area contributed by atoms with E-state index in [0.717, 1.165) is 48.3 Å². The van der Waals surface area contributed by atoms with Gasteiger partial charge in [-0.05, 0) is 62.1 Å². The zero-order valence-corrected chi connectivity index (χ0v) is 20.0. The molecule has 7 nitrogen and oxygen atoms in total. The van der Waals surface area contributed by atoms with Crippen LogP contribution in [-0.4, -0.2) is 41.4 Å². The number of amides is 1. The van der Waals surface area contributed by atoms with Gasteiger partial charge in [0.05, 0.1) is 17.4 Å². The molecule has 9 heteroatoms. The Morgan fingerprint density at radius 2 is 1.79 bits per heavy atom. The third kappa shape index (κ3) is 3.51. The Balaban J connectivity index is 1.40. The molecule has 4 heterocycles. The number of piperidine rings is 1. The van der Waals surface area contributed by atoms with Gasteiger partial charge in [0.1, 0.15) is 12.7 Å². The van der Waals surface area contributed by atoms with Crippen molar-refractivity contribution < 1.29 is 4.79 Å². The SMILES string of the molecule is Cn1nc2c(c1-c1cc(Cl)cc(Cl)c1)C[C@@H]1CCC[C@H]2N1C(=O)c1cccc(-n2cnnc2)c1. The molecule has 2 aromatic carbocycles. The van der Waals surface area contributed by atoms with Gasteiger partial charge >= 0.3 is 0 Å². The average molecular weight is 493 g/mol. The lowest BCUT2D eigenvalue weighted by atomic mass is 9.81. The molecule has 2 bridgehead atoms. The summed E-state index contributed by atoms with van der Waals surface area (Å²) in [5, 5.41) is 13.8. The number of hydrogen-bond donors (Lipinski definition) is 0. The first-order valence-electron chi connectivity index (χ1n) is 11.3. The van der Waals surface area contributed by atoms with Crippen LogP contribution in [0.3, 0.4) is 0 Å². The number of rotatable bonds is 3. The van der Waals surface area contributed by atoms with Crippen LogP contribution in [0.15, 0.2) is 55.1 Å². The van der Waals surface area contributed by atoms with Crippen molar-refractivity contribution >= 4 is 29.1 Å². The minimum atomic E-state index is -0.0526. The third-order valence-electron chi connectivity index (χ3n) is 6.86. The van der Waals surface area contributed by atoms with E-state index in [4.69, 9.17) is 28.3 Å². The fraction of sp³-hybridized carbons (Fsp3) is 0.280. The Hall–Kier alpha value is -3.16. The van der Waals surface area contributed by atoms with Crippen LogP contribution < -0.4 is 0 Å². The Morgan fingerprint density at radius 1 is 1.03 bits per heavy atom. The number of carbonyl (C=O) groups is 1. The Labute approximate surface area is 206 Å². The number of nitrogens with zero attached hydrogens (tertiary/aromatic N) is 6.